The summed E-state index contributed by atoms with van der Waals surface area (Å²) in [6.45, 7) is 0.393. The highest BCUT2D eigenvalue weighted by Gasteiger charge is 2.10. The first-order valence-corrected chi connectivity index (χ1v) is 5.09. The molecule has 7 heteroatoms. The molecule has 1 amide bonds. The fourth-order valence-electron chi connectivity index (χ4n) is 1.05. The van der Waals surface area contributed by atoms with Gasteiger partial charge in [0.05, 0.1) is 0 Å². The third kappa shape index (κ3) is 4.31. The van der Waals surface area contributed by atoms with Gasteiger partial charge in [-0.3, -0.25) is 9.59 Å². The Labute approximate surface area is 96.6 Å². The number of aliphatic carboxylic acids is 1. The van der Waals surface area contributed by atoms with Crippen LogP contribution in [0, 0.1) is 0 Å². The van der Waals surface area contributed by atoms with Crippen LogP contribution in [0.3, 0.4) is 0 Å². The normalized spacial score (nSPS) is 10.1. The Bertz CT molecular complexity index is 377. The number of halogens is 1. The van der Waals surface area contributed by atoms with E-state index in [2.05, 4.69) is 15.0 Å². The van der Waals surface area contributed by atoms with Gasteiger partial charge in [-0.2, -0.15) is 0 Å². The van der Waals surface area contributed by atoms with Crippen LogP contribution in [0.2, 0.25) is 5.15 Å². The largest absolute Gasteiger partial charge is 0.481 e. The van der Waals surface area contributed by atoms with Crippen molar-refractivity contribution in [3.05, 3.63) is 17.0 Å². The van der Waals surface area contributed by atoms with Crippen LogP contribution in [0.25, 0.3) is 0 Å². The Morgan fingerprint density at radius 2 is 2.25 bits per heavy atom. The van der Waals surface area contributed by atoms with Crippen LogP contribution in [-0.4, -0.2) is 28.7 Å². The molecular weight excluding hydrogens is 236 g/mol. The number of rotatable bonds is 6. The molecular formula is C9H11ClN2O4. The van der Waals surface area contributed by atoms with Crippen molar-refractivity contribution in [1.82, 2.24) is 10.5 Å². The molecule has 0 aliphatic carbocycles. The lowest BCUT2D eigenvalue weighted by Gasteiger charge is -2.00. The van der Waals surface area contributed by atoms with Crippen molar-refractivity contribution >= 4 is 23.5 Å². The van der Waals surface area contributed by atoms with Gasteiger partial charge < -0.3 is 14.9 Å². The molecule has 16 heavy (non-hydrogen) atoms. The first kappa shape index (κ1) is 12.5. The van der Waals surface area contributed by atoms with E-state index < -0.39 is 11.9 Å². The van der Waals surface area contributed by atoms with Crippen molar-refractivity contribution in [3.63, 3.8) is 0 Å². The third-order valence-corrected chi connectivity index (χ3v) is 1.99. The van der Waals surface area contributed by atoms with E-state index in [-0.39, 0.29) is 17.3 Å². The van der Waals surface area contributed by atoms with Gasteiger partial charge in [-0.05, 0) is 12.8 Å². The SMILES string of the molecule is O=C(O)CCCCNC(=O)c1cc(Cl)no1. The van der Waals surface area contributed by atoms with Gasteiger partial charge in [0, 0.05) is 19.0 Å². The number of hydrogen-bond donors (Lipinski definition) is 2. The monoisotopic (exact) mass is 246 g/mol. The fraction of sp³-hybridized carbons (Fsp3) is 0.444. The van der Waals surface area contributed by atoms with Crippen molar-refractivity contribution in [2.45, 2.75) is 19.3 Å². The number of unbranched alkanes of at least 4 members (excludes halogenated alkanes) is 1. The molecule has 6 nitrogen and oxygen atoms in total. The standard InChI is InChI=1S/C9H11ClN2O4/c10-7-5-6(16-12-7)9(15)11-4-2-1-3-8(13)14/h5H,1-4H2,(H,11,15)(H,13,14). The number of carbonyl (C=O) groups is 2. The summed E-state index contributed by atoms with van der Waals surface area (Å²) in [4.78, 5) is 21.5. The Morgan fingerprint density at radius 1 is 1.50 bits per heavy atom. The van der Waals surface area contributed by atoms with Gasteiger partial charge in [0.15, 0.2) is 5.15 Å². The minimum atomic E-state index is -0.839. The van der Waals surface area contributed by atoms with Gasteiger partial charge in [-0.25, -0.2) is 0 Å². The molecule has 88 valence electrons. The second-order valence-electron chi connectivity index (χ2n) is 3.12. The maximum atomic E-state index is 11.3. The van der Waals surface area contributed by atoms with E-state index in [0.29, 0.717) is 19.4 Å². The summed E-state index contributed by atoms with van der Waals surface area (Å²) in [6, 6.07) is 1.31. The van der Waals surface area contributed by atoms with E-state index in [0.717, 1.165) is 0 Å². The number of carbonyl (C=O) groups excluding carboxylic acids is 1. The summed E-state index contributed by atoms with van der Waals surface area (Å²) in [5.74, 6) is -1.20. The van der Waals surface area contributed by atoms with Crippen LogP contribution < -0.4 is 5.32 Å². The number of carboxylic acid groups (broad SMARTS) is 1. The first-order chi connectivity index (χ1) is 7.59. The molecule has 0 atom stereocenters. The van der Waals surface area contributed by atoms with E-state index in [1.54, 1.807) is 0 Å². The summed E-state index contributed by atoms with van der Waals surface area (Å²) < 4.78 is 4.63. The minimum absolute atomic E-state index is 0.0447. The smallest absolute Gasteiger partial charge is 0.303 e. The summed E-state index contributed by atoms with van der Waals surface area (Å²) in [5.41, 5.74) is 0. The highest BCUT2D eigenvalue weighted by Crippen LogP contribution is 2.08. The van der Waals surface area contributed by atoms with Crippen LogP contribution in [-0.2, 0) is 4.79 Å². The van der Waals surface area contributed by atoms with E-state index in [4.69, 9.17) is 16.7 Å². The highest BCUT2D eigenvalue weighted by atomic mass is 35.5. The summed E-state index contributed by atoms with van der Waals surface area (Å²) in [5, 5.41) is 14.4. The Hall–Kier alpha value is -1.56. The van der Waals surface area contributed by atoms with Crippen molar-refractivity contribution < 1.29 is 19.2 Å². The van der Waals surface area contributed by atoms with Gasteiger partial charge >= 0.3 is 5.97 Å². The van der Waals surface area contributed by atoms with Crippen LogP contribution >= 0.6 is 11.6 Å². The molecule has 1 heterocycles. The number of aromatic nitrogens is 1. The molecule has 0 fully saturated rings. The molecule has 1 rings (SSSR count). The predicted molar refractivity (Wildman–Crippen MR) is 55.3 cm³/mol. The van der Waals surface area contributed by atoms with E-state index in [1.807, 2.05) is 0 Å². The van der Waals surface area contributed by atoms with Gasteiger partial charge in [0.2, 0.25) is 5.76 Å². The minimum Gasteiger partial charge on any atom is -0.481 e. The van der Waals surface area contributed by atoms with Crippen molar-refractivity contribution in [2.75, 3.05) is 6.54 Å². The maximum Gasteiger partial charge on any atom is 0.303 e. The number of nitrogens with zero attached hydrogens (tertiary/aromatic N) is 1. The van der Waals surface area contributed by atoms with E-state index >= 15 is 0 Å². The van der Waals surface area contributed by atoms with Gasteiger partial charge in [0.1, 0.15) is 0 Å². The van der Waals surface area contributed by atoms with E-state index in [9.17, 15) is 9.59 Å². The molecule has 0 aliphatic heterocycles. The Morgan fingerprint density at radius 3 is 2.81 bits per heavy atom. The average molecular weight is 247 g/mol. The predicted octanol–water partition coefficient (Wildman–Crippen LogP) is 1.31. The molecule has 0 radical (unpaired) electrons. The second kappa shape index (κ2) is 6.12. The lowest BCUT2D eigenvalue weighted by molar-refractivity contribution is -0.137. The first-order valence-electron chi connectivity index (χ1n) is 4.72. The molecule has 0 saturated heterocycles. The van der Waals surface area contributed by atoms with Crippen LogP contribution in [0.1, 0.15) is 29.8 Å². The molecule has 0 saturated carbocycles. The number of amides is 1. The van der Waals surface area contributed by atoms with Crippen LogP contribution in [0.5, 0.6) is 0 Å². The lowest BCUT2D eigenvalue weighted by atomic mass is 10.2. The molecule has 0 bridgehead atoms. The molecule has 2 N–H and O–H groups in total. The van der Waals surface area contributed by atoms with Crippen LogP contribution in [0.4, 0.5) is 0 Å². The zero-order valence-electron chi connectivity index (χ0n) is 8.40. The summed E-state index contributed by atoms with van der Waals surface area (Å²) in [7, 11) is 0. The highest BCUT2D eigenvalue weighted by molar-refractivity contribution is 6.29. The maximum absolute atomic E-state index is 11.3. The Kier molecular flexibility index (Phi) is 4.78. The topological polar surface area (TPSA) is 92.4 Å². The quantitative estimate of drug-likeness (QED) is 0.739. The Balaban J connectivity index is 2.18. The second-order valence-corrected chi connectivity index (χ2v) is 3.51. The fourth-order valence-corrected chi connectivity index (χ4v) is 1.18. The summed E-state index contributed by atoms with van der Waals surface area (Å²) in [6.07, 6.45) is 1.22. The van der Waals surface area contributed by atoms with Crippen LogP contribution in [0.15, 0.2) is 10.6 Å². The number of nitrogens with one attached hydrogen (secondary N) is 1. The molecule has 1 aromatic heterocycles. The average Bonchev–Trinajstić information content (AvgIpc) is 2.63. The van der Waals surface area contributed by atoms with Crippen molar-refractivity contribution in [1.29, 1.82) is 0 Å². The van der Waals surface area contributed by atoms with E-state index in [1.165, 1.54) is 6.07 Å². The zero-order chi connectivity index (χ0) is 12.0. The van der Waals surface area contributed by atoms with Crippen molar-refractivity contribution in [3.8, 4) is 0 Å². The molecule has 0 aromatic carbocycles. The van der Waals surface area contributed by atoms with Crippen molar-refractivity contribution in [2.24, 2.45) is 0 Å². The zero-order valence-corrected chi connectivity index (χ0v) is 9.16. The molecule has 0 spiro atoms. The lowest BCUT2D eigenvalue weighted by Crippen LogP contribution is -2.24. The summed E-state index contributed by atoms with van der Waals surface area (Å²) >= 11 is 5.47. The molecule has 0 unspecified atom stereocenters. The number of carboxylic acids is 1. The van der Waals surface area contributed by atoms with Gasteiger partial charge in [0.25, 0.3) is 5.91 Å². The third-order valence-electron chi connectivity index (χ3n) is 1.81. The molecule has 0 aliphatic rings. The number of hydrogen-bond acceptors (Lipinski definition) is 4. The van der Waals surface area contributed by atoms with Gasteiger partial charge in [-0.1, -0.05) is 16.8 Å². The van der Waals surface area contributed by atoms with Gasteiger partial charge in [-0.15, -0.1) is 0 Å². The molecule has 1 aromatic rings.